The Kier molecular flexibility index (Phi) is 6.37. The molecule has 0 aliphatic carbocycles. The zero-order chi connectivity index (χ0) is 16.0. The minimum absolute atomic E-state index is 0.334. The number of nitrogens with one attached hydrogen (secondary N) is 1. The van der Waals surface area contributed by atoms with Gasteiger partial charge < -0.3 is 15.3 Å². The van der Waals surface area contributed by atoms with Crippen LogP contribution in [0, 0.1) is 5.92 Å². The van der Waals surface area contributed by atoms with Gasteiger partial charge in [-0.15, -0.1) is 0 Å². The van der Waals surface area contributed by atoms with Gasteiger partial charge in [-0.1, -0.05) is 44.2 Å². The molecule has 0 aliphatic rings. The topological polar surface area (TPSA) is 52.6 Å². The zero-order valence-corrected chi connectivity index (χ0v) is 13.8. The first kappa shape index (κ1) is 17.7. The summed E-state index contributed by atoms with van der Waals surface area (Å²) in [5.41, 5.74) is -0.301. The van der Waals surface area contributed by atoms with Crippen LogP contribution >= 0.6 is 0 Å². The summed E-state index contributed by atoms with van der Waals surface area (Å²) in [6.07, 6.45) is 1.05. The van der Waals surface area contributed by atoms with Crippen molar-refractivity contribution in [2.75, 3.05) is 20.6 Å². The minimum Gasteiger partial charge on any atom is -0.480 e. The number of carbonyl (C=O) groups is 1. The van der Waals surface area contributed by atoms with E-state index in [-0.39, 0.29) is 0 Å². The van der Waals surface area contributed by atoms with Crippen LogP contribution in [0.1, 0.15) is 32.8 Å². The van der Waals surface area contributed by atoms with E-state index in [1.165, 1.54) is 0 Å². The number of nitrogens with zero attached hydrogens (tertiary/aromatic N) is 1. The quantitative estimate of drug-likeness (QED) is 0.773. The fourth-order valence-electron chi connectivity index (χ4n) is 2.73. The van der Waals surface area contributed by atoms with Crippen LogP contribution in [0.4, 0.5) is 0 Å². The van der Waals surface area contributed by atoms with Crippen LogP contribution in [-0.4, -0.2) is 42.7 Å². The van der Waals surface area contributed by atoms with E-state index in [0.717, 1.165) is 12.0 Å². The van der Waals surface area contributed by atoms with Crippen molar-refractivity contribution in [2.45, 2.75) is 38.8 Å². The van der Waals surface area contributed by atoms with Gasteiger partial charge in [0.05, 0.1) is 0 Å². The van der Waals surface area contributed by atoms with Gasteiger partial charge in [-0.25, -0.2) is 4.79 Å². The summed E-state index contributed by atoms with van der Waals surface area (Å²) in [6.45, 7) is 6.94. The summed E-state index contributed by atoms with van der Waals surface area (Å²) in [5.74, 6) is -0.257. The fraction of sp³-hybridized carbons (Fsp3) is 0.588. The number of benzene rings is 1. The van der Waals surface area contributed by atoms with Gasteiger partial charge in [0.15, 0.2) is 5.54 Å². The highest BCUT2D eigenvalue weighted by Crippen LogP contribution is 2.24. The molecule has 2 unspecified atom stereocenters. The minimum atomic E-state index is -1.08. The lowest BCUT2D eigenvalue weighted by atomic mass is 9.88. The Hall–Kier alpha value is -1.39. The largest absolute Gasteiger partial charge is 0.480 e. The van der Waals surface area contributed by atoms with Gasteiger partial charge in [-0.3, -0.25) is 0 Å². The highest BCUT2D eigenvalue weighted by molar-refractivity contribution is 5.81. The van der Waals surface area contributed by atoms with E-state index in [9.17, 15) is 9.90 Å². The number of aliphatic carboxylic acids is 1. The van der Waals surface area contributed by atoms with Crippen LogP contribution in [0.15, 0.2) is 30.3 Å². The molecule has 1 aromatic carbocycles. The van der Waals surface area contributed by atoms with Gasteiger partial charge in [-0.05, 0) is 38.9 Å². The fourth-order valence-corrected chi connectivity index (χ4v) is 2.73. The number of hydrogen-bond donors (Lipinski definition) is 2. The average molecular weight is 292 g/mol. The molecule has 1 rings (SSSR count). The van der Waals surface area contributed by atoms with Gasteiger partial charge in [0.1, 0.15) is 0 Å². The van der Waals surface area contributed by atoms with Crippen LogP contribution in [0.25, 0.3) is 0 Å². The van der Waals surface area contributed by atoms with Crippen LogP contribution < -0.4 is 5.32 Å². The van der Waals surface area contributed by atoms with Crippen molar-refractivity contribution >= 4 is 5.97 Å². The SMILES string of the molecule is CNC(CN(C)C(C)CC(C)C)(C(=O)O)c1ccccc1. The zero-order valence-electron chi connectivity index (χ0n) is 13.8. The third-order valence-corrected chi connectivity index (χ3v) is 4.11. The standard InChI is InChI=1S/C17H28N2O2/c1-13(2)11-14(3)19(5)12-17(18-4,16(20)21)15-9-7-6-8-10-15/h6-10,13-14,18H,11-12H2,1-5H3,(H,20,21). The Balaban J connectivity index is 3.02. The van der Waals surface area contributed by atoms with Gasteiger partial charge >= 0.3 is 5.97 Å². The molecule has 0 bridgehead atoms. The second-order valence-electron chi connectivity index (χ2n) is 6.22. The summed E-state index contributed by atoms with van der Waals surface area (Å²) in [5, 5.41) is 12.8. The van der Waals surface area contributed by atoms with Crippen LogP contribution in [0.5, 0.6) is 0 Å². The molecule has 0 radical (unpaired) electrons. The van der Waals surface area contributed by atoms with Crippen LogP contribution in [0.3, 0.4) is 0 Å². The molecule has 0 saturated carbocycles. The lowest BCUT2D eigenvalue weighted by Crippen LogP contribution is -2.55. The third kappa shape index (κ3) is 4.29. The summed E-state index contributed by atoms with van der Waals surface area (Å²) < 4.78 is 0. The second kappa shape index (κ2) is 7.57. The van der Waals surface area contributed by atoms with Crippen molar-refractivity contribution < 1.29 is 9.90 Å². The number of hydrogen-bond acceptors (Lipinski definition) is 3. The maximum atomic E-state index is 11.9. The average Bonchev–Trinajstić information content (AvgIpc) is 2.44. The smallest absolute Gasteiger partial charge is 0.329 e. The van der Waals surface area contributed by atoms with E-state index in [0.29, 0.717) is 18.5 Å². The molecule has 4 heteroatoms. The maximum absolute atomic E-state index is 11.9. The van der Waals surface area contributed by atoms with Crippen molar-refractivity contribution in [3.8, 4) is 0 Å². The second-order valence-corrected chi connectivity index (χ2v) is 6.22. The Morgan fingerprint density at radius 3 is 2.29 bits per heavy atom. The molecular weight excluding hydrogens is 264 g/mol. The monoisotopic (exact) mass is 292 g/mol. The lowest BCUT2D eigenvalue weighted by Gasteiger charge is -2.36. The van der Waals surface area contributed by atoms with E-state index >= 15 is 0 Å². The molecule has 0 aliphatic heterocycles. The molecule has 0 amide bonds. The van der Waals surface area contributed by atoms with E-state index in [2.05, 4.69) is 31.0 Å². The van der Waals surface area contributed by atoms with Gasteiger partial charge in [-0.2, -0.15) is 0 Å². The van der Waals surface area contributed by atoms with Gasteiger partial charge in [0.2, 0.25) is 0 Å². The molecule has 2 atom stereocenters. The Morgan fingerprint density at radius 1 is 1.29 bits per heavy atom. The number of carboxylic acids is 1. The first-order valence-corrected chi connectivity index (χ1v) is 7.51. The number of rotatable bonds is 8. The highest BCUT2D eigenvalue weighted by atomic mass is 16.4. The first-order valence-electron chi connectivity index (χ1n) is 7.51. The van der Waals surface area contributed by atoms with Gasteiger partial charge in [0.25, 0.3) is 0 Å². The summed E-state index contributed by atoms with van der Waals surface area (Å²) in [6, 6.07) is 9.72. The van der Waals surface area contributed by atoms with Gasteiger partial charge in [0, 0.05) is 12.6 Å². The molecule has 0 saturated heterocycles. The summed E-state index contributed by atoms with van der Waals surface area (Å²) >= 11 is 0. The Morgan fingerprint density at radius 2 is 1.86 bits per heavy atom. The molecule has 0 fully saturated rings. The number of carboxylic acid groups (broad SMARTS) is 1. The van der Waals surface area contributed by atoms with Crippen molar-refractivity contribution in [3.63, 3.8) is 0 Å². The summed E-state index contributed by atoms with van der Waals surface area (Å²) in [7, 11) is 3.70. The predicted molar refractivity (Wildman–Crippen MR) is 86.4 cm³/mol. The number of likely N-dealkylation sites (N-methyl/N-ethyl adjacent to an activating group) is 2. The molecule has 1 aromatic rings. The Labute approximate surface area is 128 Å². The van der Waals surface area contributed by atoms with Crippen molar-refractivity contribution in [2.24, 2.45) is 5.92 Å². The van der Waals surface area contributed by atoms with E-state index in [4.69, 9.17) is 0 Å². The molecule has 0 heterocycles. The maximum Gasteiger partial charge on any atom is 0.329 e. The normalized spacial score (nSPS) is 16.0. The molecule has 118 valence electrons. The summed E-state index contributed by atoms with van der Waals surface area (Å²) in [4.78, 5) is 14.1. The molecule has 2 N–H and O–H groups in total. The first-order chi connectivity index (χ1) is 9.83. The van der Waals surface area contributed by atoms with Crippen LogP contribution in [0.2, 0.25) is 0 Å². The molecule has 0 spiro atoms. The van der Waals surface area contributed by atoms with E-state index in [1.54, 1.807) is 7.05 Å². The lowest BCUT2D eigenvalue weighted by molar-refractivity contribution is -0.146. The van der Waals surface area contributed by atoms with Crippen molar-refractivity contribution in [1.29, 1.82) is 0 Å². The molecule has 4 nitrogen and oxygen atoms in total. The predicted octanol–water partition coefficient (Wildman–Crippen LogP) is 2.55. The van der Waals surface area contributed by atoms with Crippen molar-refractivity contribution in [1.82, 2.24) is 10.2 Å². The van der Waals surface area contributed by atoms with E-state index < -0.39 is 11.5 Å². The van der Waals surface area contributed by atoms with Crippen molar-refractivity contribution in [3.05, 3.63) is 35.9 Å². The highest BCUT2D eigenvalue weighted by Gasteiger charge is 2.40. The third-order valence-electron chi connectivity index (χ3n) is 4.11. The molecule has 0 aromatic heterocycles. The van der Waals surface area contributed by atoms with E-state index in [1.807, 2.05) is 37.4 Å². The molecule has 21 heavy (non-hydrogen) atoms. The Bertz CT molecular complexity index is 447. The molecular formula is C17H28N2O2. The van der Waals surface area contributed by atoms with Crippen LogP contribution in [-0.2, 0) is 10.3 Å².